The topological polar surface area (TPSA) is 21.3 Å². The Morgan fingerprint density at radius 1 is 0.368 bits per heavy atom. The van der Waals surface area contributed by atoms with Crippen LogP contribution in [0.25, 0.3) is 114 Å². The van der Waals surface area contributed by atoms with E-state index in [4.69, 9.17) is 4.42 Å². The lowest BCUT2D eigenvalue weighted by atomic mass is 9.98. The van der Waals surface area contributed by atoms with Gasteiger partial charge in [0, 0.05) is 59.0 Å². The van der Waals surface area contributed by atoms with Gasteiger partial charge in [-0.1, -0.05) is 152 Å². The molecule has 14 aromatic rings. The summed E-state index contributed by atoms with van der Waals surface area (Å²) in [4.78, 5) is 2.41. The number of anilines is 3. The molecule has 0 aliphatic carbocycles. The molecule has 3 heterocycles. The molecule has 318 valence electrons. The fraction of sp³-hybridized carbons (Fsp3) is 0. The number of hydrogen-bond donors (Lipinski definition) is 0. The van der Waals surface area contributed by atoms with Gasteiger partial charge >= 0.3 is 0 Å². The largest absolute Gasteiger partial charge is 0.455 e. The lowest BCUT2D eigenvalue weighted by Gasteiger charge is -2.27. The zero-order chi connectivity index (χ0) is 44.7. The van der Waals surface area contributed by atoms with Gasteiger partial charge in [0.25, 0.3) is 0 Å². The summed E-state index contributed by atoms with van der Waals surface area (Å²) < 4.78 is 12.0. The Bertz CT molecular complexity index is 4230. The minimum absolute atomic E-state index is 0.853. The molecule has 3 aromatic heterocycles. The lowest BCUT2D eigenvalue weighted by Crippen LogP contribution is -2.10. The van der Waals surface area contributed by atoms with Crippen LogP contribution in [-0.2, 0) is 0 Å². The van der Waals surface area contributed by atoms with Crippen molar-refractivity contribution < 1.29 is 4.42 Å². The van der Waals surface area contributed by atoms with Crippen LogP contribution in [0.2, 0.25) is 0 Å². The highest BCUT2D eigenvalue weighted by Gasteiger charge is 2.23. The van der Waals surface area contributed by atoms with Crippen molar-refractivity contribution in [2.75, 3.05) is 4.90 Å². The number of fused-ring (bicyclic) bond motifs is 10. The molecule has 3 nitrogen and oxygen atoms in total. The molecular weight excluding hydrogens is 845 g/mol. The lowest BCUT2D eigenvalue weighted by molar-refractivity contribution is 0.670. The Hall–Kier alpha value is -8.70. The molecule has 0 aliphatic rings. The van der Waals surface area contributed by atoms with Gasteiger partial charge in [-0.05, 0) is 130 Å². The predicted octanol–water partition coefficient (Wildman–Crippen LogP) is 18.7. The van der Waals surface area contributed by atoms with Crippen LogP contribution in [0.5, 0.6) is 0 Å². The molecule has 0 unspecified atom stereocenters. The molecule has 14 rings (SSSR count). The van der Waals surface area contributed by atoms with Crippen LogP contribution in [0, 0.1) is 0 Å². The number of para-hydroxylation sites is 3. The first kappa shape index (κ1) is 38.6. The van der Waals surface area contributed by atoms with Crippen molar-refractivity contribution in [3.05, 3.63) is 243 Å². The minimum atomic E-state index is 0.853. The Morgan fingerprint density at radius 3 is 1.84 bits per heavy atom. The van der Waals surface area contributed by atoms with Crippen LogP contribution < -0.4 is 4.90 Å². The number of nitrogens with zero attached hydrogens (tertiary/aromatic N) is 2. The Morgan fingerprint density at radius 2 is 1.00 bits per heavy atom. The number of aromatic nitrogens is 1. The van der Waals surface area contributed by atoms with Gasteiger partial charge in [-0.25, -0.2) is 0 Å². The maximum Gasteiger partial charge on any atom is 0.145 e. The second-order valence-corrected chi connectivity index (χ2v) is 18.7. The molecule has 11 aromatic carbocycles. The van der Waals surface area contributed by atoms with Crippen molar-refractivity contribution >= 4 is 103 Å². The quantitative estimate of drug-likeness (QED) is 0.159. The fourth-order valence-electron chi connectivity index (χ4n) is 10.6. The summed E-state index contributed by atoms with van der Waals surface area (Å²) in [5.41, 5.74) is 15.2. The third-order valence-corrected chi connectivity index (χ3v) is 14.9. The molecule has 0 amide bonds. The van der Waals surface area contributed by atoms with Crippen LogP contribution >= 0.6 is 11.3 Å². The number of hydrogen-bond acceptors (Lipinski definition) is 3. The Labute approximate surface area is 396 Å². The second-order valence-electron chi connectivity index (χ2n) is 17.7. The van der Waals surface area contributed by atoms with E-state index in [1.807, 2.05) is 11.3 Å². The molecule has 0 atom stereocenters. The van der Waals surface area contributed by atoms with Crippen molar-refractivity contribution in [3.63, 3.8) is 0 Å². The van der Waals surface area contributed by atoms with Gasteiger partial charge in [0.15, 0.2) is 0 Å². The minimum Gasteiger partial charge on any atom is -0.455 e. The summed E-state index contributed by atoms with van der Waals surface area (Å²) in [6.45, 7) is 0. The Kier molecular flexibility index (Phi) is 8.76. The van der Waals surface area contributed by atoms with E-state index < -0.39 is 0 Å². The first-order valence-electron chi connectivity index (χ1n) is 23.1. The molecule has 0 fully saturated rings. The maximum atomic E-state index is 7.01. The number of thiophene rings is 1. The zero-order valence-electron chi connectivity index (χ0n) is 36.8. The summed E-state index contributed by atoms with van der Waals surface area (Å²) in [5.74, 6) is 0. The zero-order valence-corrected chi connectivity index (χ0v) is 37.6. The standard InChI is InChI=1S/C64H40N2OS/c1-2-14-43-37-45(28-27-41(43)13-1)44-15-11-17-49(38-44)65(48-32-29-42(30-33-48)46-31-36-62-56(40-46)54-21-6-10-26-61(54)68-62)59-35-34-51(64-63(59)55-22-5-9-25-60(55)67-64)47-16-12-18-50(39-47)66-57-23-7-3-19-52(57)53-20-4-8-24-58(53)66/h1-40H. The first-order chi connectivity index (χ1) is 33.7. The fourth-order valence-corrected chi connectivity index (χ4v) is 11.7. The number of benzene rings is 11. The van der Waals surface area contributed by atoms with Gasteiger partial charge in [0.2, 0.25) is 0 Å². The average Bonchev–Trinajstić information content (AvgIpc) is 4.09. The van der Waals surface area contributed by atoms with Gasteiger partial charge in [-0.3, -0.25) is 0 Å². The SMILES string of the molecule is c1cc(-c2ccc3ccccc3c2)cc(N(c2ccc(-c3ccc4sc5ccccc5c4c3)cc2)c2ccc(-c3cccc(-n4c5ccccc5c5ccccc54)c3)c3oc4ccccc4c23)c1. The van der Waals surface area contributed by atoms with E-state index in [1.165, 1.54) is 69.4 Å². The smallest absolute Gasteiger partial charge is 0.145 e. The highest BCUT2D eigenvalue weighted by atomic mass is 32.1. The van der Waals surface area contributed by atoms with Crippen molar-refractivity contribution in [3.8, 4) is 39.1 Å². The van der Waals surface area contributed by atoms with Gasteiger partial charge in [0.05, 0.1) is 22.1 Å². The van der Waals surface area contributed by atoms with Gasteiger partial charge in [-0.2, -0.15) is 0 Å². The van der Waals surface area contributed by atoms with Crippen LogP contribution in [0.15, 0.2) is 247 Å². The van der Waals surface area contributed by atoms with Crippen molar-refractivity contribution in [2.45, 2.75) is 0 Å². The average molecular weight is 885 g/mol. The van der Waals surface area contributed by atoms with Crippen LogP contribution in [0.3, 0.4) is 0 Å². The molecule has 0 radical (unpaired) electrons. The first-order valence-corrected chi connectivity index (χ1v) is 24.0. The molecule has 0 saturated heterocycles. The maximum absolute atomic E-state index is 7.01. The van der Waals surface area contributed by atoms with E-state index in [0.717, 1.165) is 61.4 Å². The third kappa shape index (κ3) is 6.19. The van der Waals surface area contributed by atoms with E-state index in [9.17, 15) is 0 Å². The van der Waals surface area contributed by atoms with E-state index in [0.29, 0.717) is 0 Å². The molecule has 0 N–H and O–H groups in total. The molecular formula is C64H40N2OS. The van der Waals surface area contributed by atoms with Crippen molar-refractivity contribution in [1.82, 2.24) is 4.57 Å². The molecule has 0 saturated carbocycles. The van der Waals surface area contributed by atoms with Crippen LogP contribution in [0.4, 0.5) is 17.1 Å². The third-order valence-electron chi connectivity index (χ3n) is 13.8. The molecule has 0 aliphatic heterocycles. The van der Waals surface area contributed by atoms with Crippen molar-refractivity contribution in [2.24, 2.45) is 0 Å². The summed E-state index contributed by atoms with van der Waals surface area (Å²) in [7, 11) is 0. The predicted molar refractivity (Wildman–Crippen MR) is 289 cm³/mol. The van der Waals surface area contributed by atoms with Crippen molar-refractivity contribution in [1.29, 1.82) is 0 Å². The molecule has 0 bridgehead atoms. The molecule has 4 heteroatoms. The summed E-state index contributed by atoms with van der Waals surface area (Å²) >= 11 is 1.85. The Balaban J connectivity index is 0.952. The molecule has 0 spiro atoms. The van der Waals surface area contributed by atoms with Crippen LogP contribution in [-0.4, -0.2) is 4.57 Å². The summed E-state index contributed by atoms with van der Waals surface area (Å²) in [6.07, 6.45) is 0. The number of rotatable bonds is 7. The van der Waals surface area contributed by atoms with E-state index in [1.54, 1.807) is 0 Å². The van der Waals surface area contributed by atoms with Gasteiger partial charge < -0.3 is 13.9 Å². The second kappa shape index (κ2) is 15.5. The molecule has 68 heavy (non-hydrogen) atoms. The highest BCUT2D eigenvalue weighted by Crippen LogP contribution is 2.48. The van der Waals surface area contributed by atoms with E-state index in [2.05, 4.69) is 252 Å². The van der Waals surface area contributed by atoms with Crippen LogP contribution in [0.1, 0.15) is 0 Å². The summed E-state index contributed by atoms with van der Waals surface area (Å²) in [5, 5.41) is 9.68. The normalized spacial score (nSPS) is 11.8. The monoisotopic (exact) mass is 884 g/mol. The van der Waals surface area contributed by atoms with E-state index in [-0.39, 0.29) is 0 Å². The summed E-state index contributed by atoms with van der Waals surface area (Å²) in [6, 6.07) is 88.2. The number of furan rings is 1. The highest BCUT2D eigenvalue weighted by molar-refractivity contribution is 7.25. The van der Waals surface area contributed by atoms with Gasteiger partial charge in [0.1, 0.15) is 11.2 Å². The van der Waals surface area contributed by atoms with E-state index >= 15 is 0 Å². The van der Waals surface area contributed by atoms with Gasteiger partial charge in [-0.15, -0.1) is 11.3 Å².